The summed E-state index contributed by atoms with van der Waals surface area (Å²) in [7, 11) is 0. The number of benzene rings is 4. The smallest absolute Gasteiger partial charge is 0.343 e. The first-order chi connectivity index (χ1) is 24.6. The van der Waals surface area contributed by atoms with E-state index >= 15 is 0 Å². The number of aromatic hydroxyl groups is 4. The minimum atomic E-state index is -1.72. The average molecular weight is 685 g/mol. The highest BCUT2D eigenvalue weighted by Gasteiger charge is 2.38. The molecule has 4 heterocycles. The van der Waals surface area contributed by atoms with Gasteiger partial charge >= 0.3 is 22.5 Å². The Labute approximate surface area is 283 Å². The minimum Gasteiger partial charge on any atom is -0.507 e. The fourth-order valence-electron chi connectivity index (χ4n) is 6.82. The van der Waals surface area contributed by atoms with Crippen LogP contribution in [0.5, 0.6) is 23.0 Å². The fourth-order valence-corrected chi connectivity index (χ4v) is 6.82. The first-order valence-electron chi connectivity index (χ1n) is 15.6. The van der Waals surface area contributed by atoms with E-state index in [9.17, 15) is 39.6 Å². The van der Waals surface area contributed by atoms with Gasteiger partial charge in [-0.1, -0.05) is 48.5 Å². The molecule has 0 unspecified atom stereocenters. The van der Waals surface area contributed by atoms with Gasteiger partial charge in [0.1, 0.15) is 45.3 Å². The molecule has 4 aromatic carbocycles. The Morgan fingerprint density at radius 2 is 0.588 bits per heavy atom. The molecule has 12 nitrogen and oxygen atoms in total. The fraction of sp³-hybridized carbons (Fsp3) is 0.0769. The summed E-state index contributed by atoms with van der Waals surface area (Å²) in [6, 6.07) is 24.2. The quantitative estimate of drug-likeness (QED) is 0.143. The van der Waals surface area contributed by atoms with Crippen LogP contribution in [0.2, 0.25) is 0 Å². The highest BCUT2D eigenvalue weighted by molar-refractivity contribution is 5.88. The summed E-state index contributed by atoms with van der Waals surface area (Å²) in [5.74, 6) is -5.92. The zero-order chi connectivity index (χ0) is 35.6. The third-order valence-corrected chi connectivity index (χ3v) is 9.14. The Morgan fingerprint density at radius 1 is 0.373 bits per heavy atom. The van der Waals surface area contributed by atoms with Crippen molar-refractivity contribution in [2.45, 2.75) is 18.3 Å². The predicted molar refractivity (Wildman–Crippen MR) is 185 cm³/mol. The molecule has 0 saturated carbocycles. The molecule has 0 aliphatic heterocycles. The van der Waals surface area contributed by atoms with E-state index in [1.165, 1.54) is 48.5 Å². The lowest BCUT2D eigenvalue weighted by atomic mass is 9.78. The second kappa shape index (κ2) is 11.8. The van der Waals surface area contributed by atoms with Gasteiger partial charge in [-0.2, -0.15) is 0 Å². The van der Waals surface area contributed by atoms with Crippen LogP contribution < -0.4 is 22.5 Å². The number of hydrogen-bond acceptors (Lipinski definition) is 12. The molecule has 4 aromatic heterocycles. The van der Waals surface area contributed by atoms with Crippen molar-refractivity contribution in [3.05, 3.63) is 161 Å². The van der Waals surface area contributed by atoms with E-state index in [2.05, 4.69) is 0 Å². The van der Waals surface area contributed by atoms with Gasteiger partial charge in [-0.05, 0) is 55.0 Å². The summed E-state index contributed by atoms with van der Waals surface area (Å²) < 4.78 is 22.2. The van der Waals surface area contributed by atoms with Gasteiger partial charge in [0.15, 0.2) is 0 Å². The van der Waals surface area contributed by atoms with Crippen molar-refractivity contribution in [2.24, 2.45) is 0 Å². The van der Waals surface area contributed by atoms with Gasteiger partial charge in [0.05, 0.1) is 43.8 Å². The van der Waals surface area contributed by atoms with Crippen molar-refractivity contribution >= 4 is 43.9 Å². The lowest BCUT2D eigenvalue weighted by Crippen LogP contribution is -2.26. The van der Waals surface area contributed by atoms with Crippen molar-refractivity contribution in [3.63, 3.8) is 0 Å². The standard InChI is InChI=1S/C39H24O12/c40-32-18-9-1-5-13-24(18)48-36(44)28(32)22(29-33(41)19-10-2-6-14-25(19)49-37(29)45)17-23(30-34(42)20-11-3-7-15-26(20)50-38(30)46)31-35(43)21-12-4-8-16-27(21)51-39(31)47/h1-16,22-23,40-43H,17H2. The van der Waals surface area contributed by atoms with Gasteiger partial charge in [0.25, 0.3) is 0 Å². The van der Waals surface area contributed by atoms with Crippen LogP contribution in [0.3, 0.4) is 0 Å². The highest BCUT2D eigenvalue weighted by atomic mass is 16.4. The Kier molecular flexibility index (Phi) is 7.22. The molecule has 4 N–H and O–H groups in total. The first kappa shape index (κ1) is 31.2. The Morgan fingerprint density at radius 3 is 0.824 bits per heavy atom. The minimum absolute atomic E-state index is 0.00875. The normalized spacial score (nSPS) is 11.8. The summed E-state index contributed by atoms with van der Waals surface area (Å²) in [4.78, 5) is 55.3. The van der Waals surface area contributed by atoms with Crippen LogP contribution in [0.1, 0.15) is 40.5 Å². The topological polar surface area (TPSA) is 202 Å². The van der Waals surface area contributed by atoms with Gasteiger partial charge in [-0.15, -0.1) is 0 Å². The van der Waals surface area contributed by atoms with E-state index < -0.39 is 86.0 Å². The van der Waals surface area contributed by atoms with Gasteiger partial charge in [-0.3, -0.25) is 0 Å². The zero-order valence-electron chi connectivity index (χ0n) is 26.2. The Balaban J connectivity index is 1.50. The second-order valence-corrected chi connectivity index (χ2v) is 11.9. The molecular weight excluding hydrogens is 660 g/mol. The molecule has 8 rings (SSSR count). The van der Waals surface area contributed by atoms with E-state index in [-0.39, 0.29) is 43.9 Å². The number of fused-ring (bicyclic) bond motifs is 4. The average Bonchev–Trinajstić information content (AvgIpc) is 3.11. The van der Waals surface area contributed by atoms with Crippen molar-refractivity contribution in [2.75, 3.05) is 0 Å². The van der Waals surface area contributed by atoms with Crippen LogP contribution in [0.25, 0.3) is 43.9 Å². The van der Waals surface area contributed by atoms with Crippen LogP contribution in [0, 0.1) is 0 Å². The molecule has 12 heteroatoms. The van der Waals surface area contributed by atoms with E-state index in [0.29, 0.717) is 0 Å². The molecule has 0 amide bonds. The molecule has 0 aliphatic rings. The predicted octanol–water partition coefficient (Wildman–Crippen LogP) is 6.29. The Hall–Kier alpha value is -7.08. The molecule has 0 atom stereocenters. The van der Waals surface area contributed by atoms with Gasteiger partial charge < -0.3 is 38.1 Å². The van der Waals surface area contributed by atoms with Crippen LogP contribution in [-0.2, 0) is 0 Å². The van der Waals surface area contributed by atoms with Crippen molar-refractivity contribution < 1.29 is 38.1 Å². The van der Waals surface area contributed by atoms with Gasteiger partial charge in [-0.25, -0.2) is 19.2 Å². The largest absolute Gasteiger partial charge is 0.507 e. The Bertz CT molecular complexity index is 2550. The molecule has 0 radical (unpaired) electrons. The van der Waals surface area contributed by atoms with Crippen molar-refractivity contribution in [3.8, 4) is 23.0 Å². The highest BCUT2D eigenvalue weighted by Crippen LogP contribution is 2.47. The lowest BCUT2D eigenvalue weighted by Gasteiger charge is -2.25. The summed E-state index contributed by atoms with van der Waals surface area (Å²) in [6.07, 6.45) is -0.708. The summed E-state index contributed by atoms with van der Waals surface area (Å²) in [5.41, 5.74) is -6.59. The van der Waals surface area contributed by atoms with E-state index in [0.717, 1.165) is 0 Å². The SMILES string of the molecule is O=c1oc2ccccc2c(O)c1C(CC(c1c(O)c2ccccc2oc1=O)c1c(O)c2ccccc2oc1=O)c1c(O)c2ccccc2oc1=O. The van der Waals surface area contributed by atoms with Crippen molar-refractivity contribution in [1.29, 1.82) is 0 Å². The molecule has 51 heavy (non-hydrogen) atoms. The third kappa shape index (κ3) is 4.92. The number of para-hydroxylation sites is 4. The molecule has 252 valence electrons. The molecule has 8 aromatic rings. The summed E-state index contributed by atoms with van der Waals surface area (Å²) >= 11 is 0. The summed E-state index contributed by atoms with van der Waals surface area (Å²) in [6.45, 7) is 0. The monoisotopic (exact) mass is 684 g/mol. The second-order valence-electron chi connectivity index (χ2n) is 11.9. The van der Waals surface area contributed by atoms with E-state index in [1.807, 2.05) is 0 Å². The molecule has 0 saturated heterocycles. The third-order valence-electron chi connectivity index (χ3n) is 9.14. The van der Waals surface area contributed by atoms with E-state index in [1.54, 1.807) is 48.5 Å². The van der Waals surface area contributed by atoms with Gasteiger partial charge in [0.2, 0.25) is 0 Å². The number of rotatable bonds is 6. The molecule has 0 spiro atoms. The number of hydrogen-bond donors (Lipinski definition) is 4. The maximum absolute atomic E-state index is 13.8. The molecule has 0 aliphatic carbocycles. The summed E-state index contributed by atoms with van der Waals surface area (Å²) in [5, 5.41) is 47.0. The maximum atomic E-state index is 13.8. The van der Waals surface area contributed by atoms with E-state index in [4.69, 9.17) is 17.7 Å². The molecular formula is C39H24O12. The van der Waals surface area contributed by atoms with Crippen LogP contribution in [0.15, 0.2) is 134 Å². The van der Waals surface area contributed by atoms with Crippen LogP contribution >= 0.6 is 0 Å². The van der Waals surface area contributed by atoms with Crippen LogP contribution in [0.4, 0.5) is 0 Å². The van der Waals surface area contributed by atoms with Gasteiger partial charge in [0, 0.05) is 11.8 Å². The van der Waals surface area contributed by atoms with Crippen molar-refractivity contribution in [1.82, 2.24) is 0 Å². The van der Waals surface area contributed by atoms with Crippen LogP contribution in [-0.4, -0.2) is 20.4 Å². The zero-order valence-corrected chi connectivity index (χ0v) is 26.2. The first-order valence-corrected chi connectivity index (χ1v) is 15.6. The molecule has 0 fully saturated rings. The lowest BCUT2D eigenvalue weighted by molar-refractivity contribution is 0.410. The maximum Gasteiger partial charge on any atom is 0.343 e. The molecule has 0 bridgehead atoms.